The first-order valence-corrected chi connectivity index (χ1v) is 7.73. The Morgan fingerprint density at radius 1 is 1.30 bits per heavy atom. The van der Waals surface area contributed by atoms with E-state index in [-0.39, 0.29) is 0 Å². The van der Waals surface area contributed by atoms with Crippen LogP contribution in [0.15, 0.2) is 30.6 Å². The minimum Gasteiger partial charge on any atom is -0.345 e. The van der Waals surface area contributed by atoms with E-state index in [0.717, 1.165) is 30.5 Å². The summed E-state index contributed by atoms with van der Waals surface area (Å²) in [6.07, 6.45) is 3.79. The third-order valence-electron chi connectivity index (χ3n) is 2.85. The van der Waals surface area contributed by atoms with Gasteiger partial charge in [0.15, 0.2) is 5.13 Å². The number of rotatable bonds is 7. The lowest BCUT2D eigenvalue weighted by Gasteiger charge is -2.14. The maximum Gasteiger partial charge on any atom is 0.185 e. The largest absolute Gasteiger partial charge is 0.345 e. The summed E-state index contributed by atoms with van der Waals surface area (Å²) in [5.74, 6) is 0.675. The molecule has 0 aliphatic carbocycles. The lowest BCUT2D eigenvalue weighted by Crippen LogP contribution is -2.18. The monoisotopic (exact) mass is 290 g/mol. The molecule has 2 heterocycles. The van der Waals surface area contributed by atoms with Crippen LogP contribution in [-0.2, 0) is 13.1 Å². The molecule has 0 fully saturated rings. The molecule has 4 nitrogen and oxygen atoms in total. The second-order valence-electron chi connectivity index (χ2n) is 5.31. The van der Waals surface area contributed by atoms with Crippen molar-refractivity contribution < 1.29 is 0 Å². The molecule has 2 aromatic heterocycles. The maximum absolute atomic E-state index is 4.49. The van der Waals surface area contributed by atoms with E-state index >= 15 is 0 Å². The summed E-state index contributed by atoms with van der Waals surface area (Å²) in [5.41, 5.74) is 1.06. The second kappa shape index (κ2) is 7.36. The Morgan fingerprint density at radius 2 is 2.15 bits per heavy atom. The van der Waals surface area contributed by atoms with Crippen molar-refractivity contribution in [3.63, 3.8) is 0 Å². The van der Waals surface area contributed by atoms with Gasteiger partial charge in [-0.15, -0.1) is 11.3 Å². The second-order valence-corrected chi connectivity index (χ2v) is 6.40. The summed E-state index contributed by atoms with van der Waals surface area (Å²) in [7, 11) is 2.05. The first-order valence-electron chi connectivity index (χ1n) is 6.91. The highest BCUT2D eigenvalue weighted by atomic mass is 32.1. The quantitative estimate of drug-likeness (QED) is 0.851. The lowest BCUT2D eigenvalue weighted by molar-refractivity contribution is 0.554. The minimum absolute atomic E-state index is 0.675. The predicted octanol–water partition coefficient (Wildman–Crippen LogP) is 2.92. The number of anilines is 1. The van der Waals surface area contributed by atoms with Crippen LogP contribution in [0.3, 0.4) is 0 Å². The highest BCUT2D eigenvalue weighted by Crippen LogP contribution is 2.22. The molecule has 0 saturated carbocycles. The van der Waals surface area contributed by atoms with Crippen molar-refractivity contribution in [1.82, 2.24) is 15.3 Å². The Bertz CT molecular complexity index is 510. The molecule has 108 valence electrons. The van der Waals surface area contributed by atoms with Crippen molar-refractivity contribution in [2.24, 2.45) is 5.92 Å². The fraction of sp³-hybridized carbons (Fsp3) is 0.467. The number of pyridine rings is 1. The highest BCUT2D eigenvalue weighted by molar-refractivity contribution is 7.15. The van der Waals surface area contributed by atoms with Crippen LogP contribution in [-0.4, -0.2) is 23.6 Å². The molecule has 0 atom stereocenters. The summed E-state index contributed by atoms with van der Waals surface area (Å²) in [5, 5.41) is 4.48. The number of nitrogens with one attached hydrogen (secondary N) is 1. The van der Waals surface area contributed by atoms with Crippen LogP contribution in [0.25, 0.3) is 0 Å². The average molecular weight is 290 g/mol. The van der Waals surface area contributed by atoms with Gasteiger partial charge in [-0.25, -0.2) is 4.98 Å². The molecular weight excluding hydrogens is 268 g/mol. The van der Waals surface area contributed by atoms with Crippen molar-refractivity contribution in [3.8, 4) is 0 Å². The summed E-state index contributed by atoms with van der Waals surface area (Å²) in [6, 6.07) is 5.99. The zero-order chi connectivity index (χ0) is 14.4. The van der Waals surface area contributed by atoms with E-state index in [2.05, 4.69) is 41.1 Å². The molecule has 0 aliphatic heterocycles. The number of aromatic nitrogens is 2. The molecule has 1 N–H and O–H groups in total. The third-order valence-corrected chi connectivity index (χ3v) is 3.96. The molecule has 0 radical (unpaired) electrons. The molecule has 2 rings (SSSR count). The Hall–Kier alpha value is -1.46. The van der Waals surface area contributed by atoms with E-state index < -0.39 is 0 Å². The van der Waals surface area contributed by atoms with Gasteiger partial charge in [0.1, 0.15) is 0 Å². The summed E-state index contributed by atoms with van der Waals surface area (Å²) in [4.78, 5) is 12.2. The minimum atomic E-state index is 0.675. The molecule has 0 saturated heterocycles. The van der Waals surface area contributed by atoms with Crippen molar-refractivity contribution in [2.75, 3.05) is 18.5 Å². The average Bonchev–Trinajstić information content (AvgIpc) is 2.88. The fourth-order valence-electron chi connectivity index (χ4n) is 1.84. The van der Waals surface area contributed by atoms with Crippen LogP contribution >= 0.6 is 11.3 Å². The van der Waals surface area contributed by atoms with E-state index in [0.29, 0.717) is 5.92 Å². The molecule has 0 spiro atoms. The van der Waals surface area contributed by atoms with Gasteiger partial charge in [-0.05, 0) is 24.6 Å². The molecule has 20 heavy (non-hydrogen) atoms. The molecule has 0 unspecified atom stereocenters. The lowest BCUT2D eigenvalue weighted by atomic mass is 10.2. The van der Waals surface area contributed by atoms with Crippen molar-refractivity contribution in [1.29, 1.82) is 0 Å². The number of hydrogen-bond donors (Lipinski definition) is 1. The molecule has 0 amide bonds. The van der Waals surface area contributed by atoms with Gasteiger partial charge >= 0.3 is 0 Å². The van der Waals surface area contributed by atoms with E-state index in [9.17, 15) is 0 Å². The number of hydrogen-bond acceptors (Lipinski definition) is 5. The van der Waals surface area contributed by atoms with Crippen LogP contribution in [0.2, 0.25) is 0 Å². The third kappa shape index (κ3) is 4.58. The number of nitrogens with zero attached hydrogens (tertiary/aromatic N) is 3. The van der Waals surface area contributed by atoms with E-state index in [1.54, 1.807) is 11.3 Å². The van der Waals surface area contributed by atoms with E-state index in [4.69, 9.17) is 0 Å². The number of thiazole rings is 1. The van der Waals surface area contributed by atoms with Gasteiger partial charge in [-0.1, -0.05) is 19.9 Å². The van der Waals surface area contributed by atoms with Gasteiger partial charge in [-0.3, -0.25) is 4.98 Å². The normalized spacial score (nSPS) is 11.0. The SMILES string of the molecule is CC(C)CNCc1cnc(N(C)Cc2ccccn2)s1. The Labute approximate surface area is 124 Å². The first kappa shape index (κ1) is 14.9. The van der Waals surface area contributed by atoms with Gasteiger partial charge in [0.05, 0.1) is 12.2 Å². The van der Waals surface area contributed by atoms with Gasteiger partial charge < -0.3 is 10.2 Å². The molecule has 2 aromatic rings. The molecule has 5 heteroatoms. The standard InChI is InChI=1S/C15H22N4S/c1-12(2)8-16-9-14-10-18-15(20-14)19(3)11-13-6-4-5-7-17-13/h4-7,10,12,16H,8-9,11H2,1-3H3. The Balaban J connectivity index is 1.88. The van der Waals surface area contributed by atoms with Gasteiger partial charge in [-0.2, -0.15) is 0 Å². The zero-order valence-electron chi connectivity index (χ0n) is 12.3. The molecular formula is C15H22N4S. The van der Waals surface area contributed by atoms with Crippen LogP contribution in [0, 0.1) is 5.92 Å². The summed E-state index contributed by atoms with van der Waals surface area (Å²) < 4.78 is 0. The van der Waals surface area contributed by atoms with Gasteiger partial charge in [0.2, 0.25) is 0 Å². The van der Waals surface area contributed by atoms with Crippen LogP contribution in [0.1, 0.15) is 24.4 Å². The molecule has 0 aliphatic rings. The molecule has 0 bridgehead atoms. The van der Waals surface area contributed by atoms with Gasteiger partial charge in [0, 0.05) is 30.9 Å². The topological polar surface area (TPSA) is 41.1 Å². The Morgan fingerprint density at radius 3 is 2.85 bits per heavy atom. The highest BCUT2D eigenvalue weighted by Gasteiger charge is 2.08. The van der Waals surface area contributed by atoms with Gasteiger partial charge in [0.25, 0.3) is 0 Å². The van der Waals surface area contributed by atoms with Crippen molar-refractivity contribution in [3.05, 3.63) is 41.2 Å². The van der Waals surface area contributed by atoms with E-state index in [1.807, 2.05) is 30.6 Å². The Kier molecular flexibility index (Phi) is 5.49. The first-order chi connectivity index (χ1) is 9.65. The van der Waals surface area contributed by atoms with E-state index in [1.165, 1.54) is 4.88 Å². The van der Waals surface area contributed by atoms with Crippen LogP contribution < -0.4 is 10.2 Å². The molecule has 0 aromatic carbocycles. The maximum atomic E-state index is 4.49. The zero-order valence-corrected chi connectivity index (χ0v) is 13.2. The van der Waals surface area contributed by atoms with Crippen LogP contribution in [0.5, 0.6) is 0 Å². The fourth-order valence-corrected chi connectivity index (χ4v) is 2.68. The smallest absolute Gasteiger partial charge is 0.185 e. The van der Waals surface area contributed by atoms with Crippen LogP contribution in [0.4, 0.5) is 5.13 Å². The predicted molar refractivity (Wildman–Crippen MR) is 85.0 cm³/mol. The summed E-state index contributed by atoms with van der Waals surface area (Å²) in [6.45, 7) is 7.15. The summed E-state index contributed by atoms with van der Waals surface area (Å²) >= 11 is 1.74. The van der Waals surface area contributed by atoms with Crippen molar-refractivity contribution >= 4 is 16.5 Å². The van der Waals surface area contributed by atoms with Crippen molar-refractivity contribution in [2.45, 2.75) is 26.9 Å².